The van der Waals surface area contributed by atoms with E-state index in [0.717, 1.165) is 20.9 Å². The summed E-state index contributed by atoms with van der Waals surface area (Å²) in [7, 11) is 0. The molecule has 0 unspecified atom stereocenters. The van der Waals surface area contributed by atoms with Crippen LogP contribution in [0.2, 0.25) is 0 Å². The van der Waals surface area contributed by atoms with Gasteiger partial charge in [-0.25, -0.2) is 4.79 Å². The van der Waals surface area contributed by atoms with Crippen molar-refractivity contribution >= 4 is 52.4 Å². The van der Waals surface area contributed by atoms with Gasteiger partial charge in [0.25, 0.3) is 0 Å². The Morgan fingerprint density at radius 3 is 1.73 bits per heavy atom. The van der Waals surface area contributed by atoms with Crippen molar-refractivity contribution in [1.29, 1.82) is 0 Å². The summed E-state index contributed by atoms with van der Waals surface area (Å²) in [6, 6.07) is 23.7. The molecule has 1 aliphatic carbocycles. The van der Waals surface area contributed by atoms with Crippen LogP contribution in [0.5, 0.6) is 0 Å². The van der Waals surface area contributed by atoms with Crippen LogP contribution in [0.15, 0.2) is 117 Å². The van der Waals surface area contributed by atoms with Crippen LogP contribution < -0.4 is 10.6 Å². The number of rotatable bonds is 12. The largest absolute Gasteiger partial charge is 0.462 e. The van der Waals surface area contributed by atoms with Crippen molar-refractivity contribution in [2.75, 3.05) is 23.8 Å². The number of aryl methyl sites for hydroxylation is 2. The van der Waals surface area contributed by atoms with Crippen molar-refractivity contribution in [3.05, 3.63) is 131 Å². The molecule has 0 spiro atoms. The van der Waals surface area contributed by atoms with E-state index in [1.165, 1.54) is 29.6 Å². The lowest BCUT2D eigenvalue weighted by molar-refractivity contribution is -0.140. The summed E-state index contributed by atoms with van der Waals surface area (Å²) < 4.78 is 5.44. The van der Waals surface area contributed by atoms with Gasteiger partial charge in [-0.15, -0.1) is 0 Å². The van der Waals surface area contributed by atoms with Crippen LogP contribution in [-0.4, -0.2) is 30.7 Å². The third-order valence-corrected chi connectivity index (χ3v) is 9.89. The highest BCUT2D eigenvalue weighted by Gasteiger charge is 2.38. The molecule has 0 fully saturated rings. The molecule has 4 aromatic carbocycles. The van der Waals surface area contributed by atoms with Crippen LogP contribution in [0.1, 0.15) is 70.7 Å². The number of carbonyl (C=O) groups is 3. The summed E-state index contributed by atoms with van der Waals surface area (Å²) in [5, 5.41) is 6.68. The monoisotopic (exact) mass is 676 g/mol. The predicted molar refractivity (Wildman–Crippen MR) is 197 cm³/mol. The minimum atomic E-state index is -0.468. The molecule has 0 saturated carbocycles. The van der Waals surface area contributed by atoms with Crippen molar-refractivity contribution in [2.24, 2.45) is 5.41 Å². The molecule has 246 valence electrons. The Morgan fingerprint density at radius 2 is 1.25 bits per heavy atom. The van der Waals surface area contributed by atoms with E-state index in [4.69, 9.17) is 4.74 Å². The Balaban J connectivity index is 1.63. The van der Waals surface area contributed by atoms with Gasteiger partial charge in [0, 0.05) is 60.1 Å². The van der Waals surface area contributed by atoms with E-state index in [9.17, 15) is 14.4 Å². The highest BCUT2D eigenvalue weighted by atomic mass is 32.2. The normalized spacial score (nSPS) is 12.5. The van der Waals surface area contributed by atoms with Crippen LogP contribution in [0.25, 0.3) is 0 Å². The number of anilines is 2. The number of hydrogen-bond donors (Lipinski definition) is 2. The molecule has 0 radical (unpaired) electrons. The molecule has 0 aliphatic heterocycles. The number of ether oxygens (including phenoxy) is 1. The molecular formula is C40H40N2O4S2. The van der Waals surface area contributed by atoms with Crippen molar-refractivity contribution in [1.82, 2.24) is 0 Å². The van der Waals surface area contributed by atoms with Gasteiger partial charge in [-0.2, -0.15) is 0 Å². The second-order valence-corrected chi connectivity index (χ2v) is 15.0. The molecule has 0 amide bonds. The van der Waals surface area contributed by atoms with Crippen molar-refractivity contribution in [3.63, 3.8) is 0 Å². The highest BCUT2D eigenvalue weighted by molar-refractivity contribution is 7.99. The van der Waals surface area contributed by atoms with Crippen LogP contribution in [0.4, 0.5) is 11.4 Å². The number of allylic oxidation sites excluding steroid dienone is 2. The molecule has 6 nitrogen and oxygen atoms in total. The average Bonchev–Trinajstić information content (AvgIpc) is 3.04. The first-order chi connectivity index (χ1) is 22.9. The van der Waals surface area contributed by atoms with E-state index in [0.29, 0.717) is 55.7 Å². The molecular weight excluding hydrogens is 637 g/mol. The number of fused-ring (bicyclic) bond motifs is 2. The molecule has 0 heterocycles. The summed E-state index contributed by atoms with van der Waals surface area (Å²) in [4.78, 5) is 45.0. The minimum absolute atomic E-state index is 0.176. The fourth-order valence-electron chi connectivity index (χ4n) is 5.29. The van der Waals surface area contributed by atoms with Crippen molar-refractivity contribution in [2.45, 2.75) is 61.1 Å². The molecule has 4 aromatic rings. The van der Waals surface area contributed by atoms with E-state index in [2.05, 4.69) is 17.2 Å². The Hall–Kier alpha value is -4.53. The lowest BCUT2D eigenvalue weighted by Crippen LogP contribution is -2.31. The Morgan fingerprint density at radius 1 is 0.771 bits per heavy atom. The molecule has 8 heteroatoms. The number of ketones is 2. The van der Waals surface area contributed by atoms with Crippen molar-refractivity contribution < 1.29 is 19.1 Å². The van der Waals surface area contributed by atoms with Crippen LogP contribution in [-0.2, 0) is 9.53 Å². The molecule has 1 aliphatic rings. The molecule has 48 heavy (non-hydrogen) atoms. The maximum atomic E-state index is 14.9. The topological polar surface area (TPSA) is 84.5 Å². The number of nitrogens with one attached hydrogen (secondary N) is 2. The summed E-state index contributed by atoms with van der Waals surface area (Å²) in [5.74, 6) is -0.867. The van der Waals surface area contributed by atoms with Gasteiger partial charge in [-0.3, -0.25) is 9.59 Å². The third-order valence-electron chi connectivity index (χ3n) is 7.75. The van der Waals surface area contributed by atoms with Gasteiger partial charge >= 0.3 is 5.97 Å². The highest BCUT2D eigenvalue weighted by Crippen LogP contribution is 2.46. The molecule has 5 rings (SSSR count). The van der Waals surface area contributed by atoms with E-state index >= 15 is 0 Å². The van der Waals surface area contributed by atoms with E-state index in [1.807, 2.05) is 107 Å². The first kappa shape index (κ1) is 34.8. The lowest BCUT2D eigenvalue weighted by Gasteiger charge is -2.29. The summed E-state index contributed by atoms with van der Waals surface area (Å²) in [6.45, 7) is 16.2. The minimum Gasteiger partial charge on any atom is -0.462 e. The van der Waals surface area contributed by atoms with Gasteiger partial charge in [0.05, 0.1) is 23.4 Å². The Kier molecular flexibility index (Phi) is 10.7. The fourth-order valence-corrected chi connectivity index (χ4v) is 7.21. The number of benzene rings is 4. The second-order valence-electron chi connectivity index (χ2n) is 12.7. The molecule has 0 aromatic heterocycles. The second kappa shape index (κ2) is 14.7. The van der Waals surface area contributed by atoms with Crippen molar-refractivity contribution in [3.8, 4) is 0 Å². The standard InChI is InChI=1S/C40H40N2O4S2/c1-8-9-33(43)46-23-40(6,7)22-41-29-18-20-31(47-27-14-10-25(4)11-15-27)36-34(29)38(44)37-32(48-28-16-12-26(5)13-17-28)21-19-30(42-24(2)3)35(37)39(36)45/h8-21,41-42H,2,22-23H2,1,3-7H3. The lowest BCUT2D eigenvalue weighted by atomic mass is 9.82. The predicted octanol–water partition coefficient (Wildman–Crippen LogP) is 9.88. The zero-order valence-electron chi connectivity index (χ0n) is 28.2. The average molecular weight is 677 g/mol. The molecule has 0 saturated heterocycles. The van der Waals surface area contributed by atoms with Crippen LogP contribution in [0, 0.1) is 19.3 Å². The third kappa shape index (κ3) is 7.94. The number of hydrogen-bond acceptors (Lipinski definition) is 8. The quantitative estimate of drug-likeness (QED) is 0.0998. The Labute approximate surface area is 291 Å². The molecule has 2 N–H and O–H groups in total. The summed E-state index contributed by atoms with van der Waals surface area (Å²) in [5.41, 5.74) is 4.96. The van der Waals surface area contributed by atoms with E-state index in [1.54, 1.807) is 13.0 Å². The summed E-state index contributed by atoms with van der Waals surface area (Å²) >= 11 is 2.92. The maximum Gasteiger partial charge on any atom is 0.330 e. The van der Waals surface area contributed by atoms with Crippen LogP contribution in [0.3, 0.4) is 0 Å². The van der Waals surface area contributed by atoms with Gasteiger partial charge < -0.3 is 15.4 Å². The van der Waals surface area contributed by atoms with Gasteiger partial charge in [0.1, 0.15) is 0 Å². The molecule has 0 bridgehead atoms. The SMILES string of the molecule is C=C(C)Nc1ccc(Sc2ccc(C)cc2)c2c1C(=O)c1c(Sc3ccc(C)cc3)ccc(NCC(C)(C)COC(=O)C=CC)c1C2=O. The zero-order valence-corrected chi connectivity index (χ0v) is 29.8. The summed E-state index contributed by atoms with van der Waals surface area (Å²) in [6.07, 6.45) is 3.02. The maximum absolute atomic E-state index is 14.9. The number of carbonyl (C=O) groups excluding carboxylic acids is 3. The Bertz CT molecular complexity index is 1930. The zero-order chi connectivity index (χ0) is 34.6. The van der Waals surface area contributed by atoms with Crippen LogP contribution >= 0.6 is 23.5 Å². The van der Waals surface area contributed by atoms with Gasteiger partial charge in [0.2, 0.25) is 0 Å². The van der Waals surface area contributed by atoms with E-state index < -0.39 is 11.4 Å². The van der Waals surface area contributed by atoms with Gasteiger partial charge in [0.15, 0.2) is 11.6 Å². The molecule has 0 atom stereocenters. The van der Waals surface area contributed by atoms with E-state index in [-0.39, 0.29) is 18.2 Å². The number of esters is 1. The fraction of sp³-hybridized carbons (Fsp3) is 0.225. The van der Waals surface area contributed by atoms with Gasteiger partial charge in [-0.1, -0.05) is 85.4 Å². The first-order valence-electron chi connectivity index (χ1n) is 15.7. The van der Waals surface area contributed by atoms with Gasteiger partial charge in [-0.05, 0) is 76.2 Å². The smallest absolute Gasteiger partial charge is 0.330 e. The first-order valence-corrected chi connectivity index (χ1v) is 17.4.